The minimum absolute atomic E-state index is 0.195. The normalized spacial score (nSPS) is 10.7. The van der Waals surface area contributed by atoms with Gasteiger partial charge in [-0.05, 0) is 18.1 Å². The van der Waals surface area contributed by atoms with Gasteiger partial charge in [0.05, 0.1) is 0 Å². The van der Waals surface area contributed by atoms with E-state index < -0.39 is 0 Å². The van der Waals surface area contributed by atoms with Crippen LogP contribution < -0.4 is 5.63 Å². The summed E-state index contributed by atoms with van der Waals surface area (Å²) in [5, 5.41) is 0. The summed E-state index contributed by atoms with van der Waals surface area (Å²) in [6, 6.07) is 13.3. The summed E-state index contributed by atoms with van der Waals surface area (Å²) in [5.74, 6) is 0.816. The van der Waals surface area contributed by atoms with Gasteiger partial charge < -0.3 is 4.42 Å². The summed E-state index contributed by atoms with van der Waals surface area (Å²) >= 11 is 0. The Morgan fingerprint density at radius 1 is 1.00 bits per heavy atom. The molecule has 0 spiro atoms. The molecule has 1 heterocycles. The summed E-state index contributed by atoms with van der Waals surface area (Å²) in [6.45, 7) is 3.96. The molecule has 0 saturated carbocycles. The zero-order valence-electron chi connectivity index (χ0n) is 9.44. The smallest absolute Gasteiger partial charge is 0.339 e. The van der Waals surface area contributed by atoms with E-state index in [1.165, 1.54) is 0 Å². The molecule has 0 amide bonds. The van der Waals surface area contributed by atoms with Crippen LogP contribution in [0.3, 0.4) is 0 Å². The van der Waals surface area contributed by atoms with Crippen LogP contribution in [0.1, 0.15) is 25.3 Å². The molecular weight excluding hydrogens is 200 g/mol. The Balaban J connectivity index is 2.47. The molecular formula is C14H14O2. The minimum Gasteiger partial charge on any atom is -0.423 e. The van der Waals surface area contributed by atoms with Gasteiger partial charge in [0.1, 0.15) is 5.76 Å². The molecule has 2 nitrogen and oxygen atoms in total. The van der Waals surface area contributed by atoms with Crippen LogP contribution >= 0.6 is 0 Å². The summed E-state index contributed by atoms with van der Waals surface area (Å²) < 4.78 is 5.30. The first-order valence-electron chi connectivity index (χ1n) is 5.38. The van der Waals surface area contributed by atoms with Gasteiger partial charge in [-0.2, -0.15) is 0 Å². The zero-order chi connectivity index (χ0) is 11.5. The number of rotatable bonds is 2. The van der Waals surface area contributed by atoms with Crippen LogP contribution in [-0.4, -0.2) is 0 Å². The van der Waals surface area contributed by atoms with Crippen LogP contribution in [0.25, 0.3) is 11.3 Å². The Morgan fingerprint density at radius 3 is 2.25 bits per heavy atom. The van der Waals surface area contributed by atoms with Gasteiger partial charge in [-0.3, -0.25) is 0 Å². The molecule has 2 heteroatoms. The van der Waals surface area contributed by atoms with Gasteiger partial charge in [0.25, 0.3) is 0 Å². The molecule has 16 heavy (non-hydrogen) atoms. The molecule has 0 unspecified atom stereocenters. The van der Waals surface area contributed by atoms with Gasteiger partial charge in [-0.1, -0.05) is 44.2 Å². The van der Waals surface area contributed by atoms with Crippen LogP contribution in [0.2, 0.25) is 0 Å². The Kier molecular flexibility index (Phi) is 2.91. The maximum atomic E-state index is 11.7. The quantitative estimate of drug-likeness (QED) is 0.766. The summed E-state index contributed by atoms with van der Waals surface area (Å²) in [7, 11) is 0. The minimum atomic E-state index is -0.239. The van der Waals surface area contributed by atoms with Crippen LogP contribution in [0.15, 0.2) is 51.7 Å². The zero-order valence-corrected chi connectivity index (χ0v) is 9.44. The molecule has 0 N–H and O–H groups in total. The van der Waals surface area contributed by atoms with Crippen LogP contribution in [0.4, 0.5) is 0 Å². The third-order valence-corrected chi connectivity index (χ3v) is 2.53. The predicted octanol–water partition coefficient (Wildman–Crippen LogP) is 3.43. The lowest BCUT2D eigenvalue weighted by Gasteiger charge is -2.04. The first-order chi connectivity index (χ1) is 7.68. The SMILES string of the molecule is CC(C)c1ccc(-c2ccccc2)oc1=O. The van der Waals surface area contributed by atoms with Crippen molar-refractivity contribution in [1.82, 2.24) is 0 Å². The Hall–Kier alpha value is -1.83. The highest BCUT2D eigenvalue weighted by molar-refractivity contribution is 5.56. The molecule has 0 atom stereocenters. The topological polar surface area (TPSA) is 30.2 Å². The third kappa shape index (κ3) is 2.06. The fraction of sp³-hybridized carbons (Fsp3) is 0.214. The molecule has 1 aromatic heterocycles. The van der Waals surface area contributed by atoms with E-state index in [9.17, 15) is 4.79 Å². The molecule has 0 bridgehead atoms. The maximum absolute atomic E-state index is 11.7. The van der Waals surface area contributed by atoms with Crippen molar-refractivity contribution in [2.75, 3.05) is 0 Å². The first-order valence-corrected chi connectivity index (χ1v) is 5.38. The Morgan fingerprint density at radius 2 is 1.69 bits per heavy atom. The summed E-state index contributed by atoms with van der Waals surface area (Å²) in [6.07, 6.45) is 0. The maximum Gasteiger partial charge on any atom is 0.339 e. The van der Waals surface area contributed by atoms with Crippen molar-refractivity contribution in [3.8, 4) is 11.3 Å². The van der Waals surface area contributed by atoms with Crippen molar-refractivity contribution < 1.29 is 4.42 Å². The van der Waals surface area contributed by atoms with Crippen molar-refractivity contribution in [1.29, 1.82) is 0 Å². The van der Waals surface area contributed by atoms with Crippen molar-refractivity contribution in [2.24, 2.45) is 0 Å². The number of hydrogen-bond acceptors (Lipinski definition) is 2. The van der Waals surface area contributed by atoms with E-state index in [2.05, 4.69) is 0 Å². The highest BCUT2D eigenvalue weighted by atomic mass is 16.4. The molecule has 1 aromatic carbocycles. The number of hydrogen-bond donors (Lipinski definition) is 0. The summed E-state index contributed by atoms with van der Waals surface area (Å²) in [4.78, 5) is 11.7. The van der Waals surface area contributed by atoms with E-state index in [4.69, 9.17) is 4.42 Å². The fourth-order valence-electron chi connectivity index (χ4n) is 1.61. The molecule has 0 radical (unpaired) electrons. The molecule has 82 valence electrons. The van der Waals surface area contributed by atoms with Crippen molar-refractivity contribution >= 4 is 0 Å². The molecule has 0 saturated heterocycles. The fourth-order valence-corrected chi connectivity index (χ4v) is 1.61. The second kappa shape index (κ2) is 4.35. The standard InChI is InChI=1S/C14H14O2/c1-10(2)12-8-9-13(16-14(12)15)11-6-4-3-5-7-11/h3-10H,1-2H3. The molecule has 2 aromatic rings. The molecule has 2 rings (SSSR count). The highest BCUT2D eigenvalue weighted by Gasteiger charge is 2.08. The second-order valence-electron chi connectivity index (χ2n) is 4.06. The van der Waals surface area contributed by atoms with Gasteiger partial charge in [0.2, 0.25) is 0 Å². The Labute approximate surface area is 94.5 Å². The van der Waals surface area contributed by atoms with Gasteiger partial charge in [0.15, 0.2) is 0 Å². The monoisotopic (exact) mass is 214 g/mol. The average molecular weight is 214 g/mol. The van der Waals surface area contributed by atoms with E-state index >= 15 is 0 Å². The lowest BCUT2D eigenvalue weighted by Crippen LogP contribution is -2.08. The molecule has 0 aliphatic carbocycles. The van der Waals surface area contributed by atoms with Crippen molar-refractivity contribution in [2.45, 2.75) is 19.8 Å². The van der Waals surface area contributed by atoms with Crippen molar-refractivity contribution in [3.05, 3.63) is 58.4 Å². The number of benzene rings is 1. The largest absolute Gasteiger partial charge is 0.423 e. The van der Waals surface area contributed by atoms with Gasteiger partial charge in [-0.25, -0.2) is 4.79 Å². The lowest BCUT2D eigenvalue weighted by atomic mass is 10.1. The lowest BCUT2D eigenvalue weighted by molar-refractivity contribution is 0.511. The Bertz CT molecular complexity index is 524. The van der Waals surface area contributed by atoms with Crippen molar-refractivity contribution in [3.63, 3.8) is 0 Å². The van der Waals surface area contributed by atoms with Crippen LogP contribution in [0.5, 0.6) is 0 Å². The third-order valence-electron chi connectivity index (χ3n) is 2.53. The van der Waals surface area contributed by atoms with E-state index in [1.54, 1.807) is 0 Å². The van der Waals surface area contributed by atoms with Gasteiger partial charge >= 0.3 is 5.63 Å². The first kappa shape index (κ1) is 10.7. The average Bonchev–Trinajstić information content (AvgIpc) is 2.29. The van der Waals surface area contributed by atoms with Crippen LogP contribution in [0, 0.1) is 0 Å². The molecule has 0 aliphatic heterocycles. The van der Waals surface area contributed by atoms with Gasteiger partial charge in [0, 0.05) is 11.1 Å². The highest BCUT2D eigenvalue weighted by Crippen LogP contribution is 2.19. The second-order valence-corrected chi connectivity index (χ2v) is 4.06. The van der Waals surface area contributed by atoms with E-state index in [0.29, 0.717) is 5.76 Å². The summed E-state index contributed by atoms with van der Waals surface area (Å²) in [5.41, 5.74) is 1.41. The van der Waals surface area contributed by atoms with E-state index in [-0.39, 0.29) is 11.5 Å². The molecule has 0 aliphatic rings. The molecule has 0 fully saturated rings. The van der Waals surface area contributed by atoms with E-state index in [0.717, 1.165) is 11.1 Å². The van der Waals surface area contributed by atoms with E-state index in [1.807, 2.05) is 56.3 Å². The van der Waals surface area contributed by atoms with Gasteiger partial charge in [-0.15, -0.1) is 0 Å². The predicted molar refractivity (Wildman–Crippen MR) is 64.5 cm³/mol. The van der Waals surface area contributed by atoms with Crippen LogP contribution in [-0.2, 0) is 0 Å².